The summed E-state index contributed by atoms with van der Waals surface area (Å²) in [6, 6.07) is 0. The highest BCUT2D eigenvalue weighted by atomic mass is 32.2. The molecular weight excluding hydrogens is 212 g/mol. The molecule has 0 heterocycles. The Morgan fingerprint density at radius 1 is 1.20 bits per heavy atom. The summed E-state index contributed by atoms with van der Waals surface area (Å²) in [5.74, 6) is 0. The molecule has 1 aliphatic rings. The van der Waals surface area contributed by atoms with Crippen LogP contribution in [0.15, 0.2) is 0 Å². The average Bonchev–Trinajstić information content (AvgIpc) is 2.41. The molecule has 1 aliphatic carbocycles. The van der Waals surface area contributed by atoms with Crippen molar-refractivity contribution in [1.29, 1.82) is 0 Å². The fraction of sp³-hybridized carbons (Fsp3) is 1.00. The molecule has 0 spiro atoms. The van der Waals surface area contributed by atoms with Crippen molar-refractivity contribution in [1.82, 2.24) is 4.31 Å². The van der Waals surface area contributed by atoms with Gasteiger partial charge in [-0.1, -0.05) is 25.7 Å². The SMILES string of the molecule is CN(C1(CN)CCCCCC1)S(C)(=O)=O. The van der Waals surface area contributed by atoms with Crippen LogP contribution in [0, 0.1) is 0 Å². The average molecular weight is 234 g/mol. The monoisotopic (exact) mass is 234 g/mol. The molecule has 90 valence electrons. The number of sulfonamides is 1. The molecule has 4 nitrogen and oxygen atoms in total. The van der Waals surface area contributed by atoms with E-state index in [0.717, 1.165) is 25.7 Å². The molecule has 0 aliphatic heterocycles. The van der Waals surface area contributed by atoms with Crippen molar-refractivity contribution in [2.75, 3.05) is 19.8 Å². The Kier molecular flexibility index (Phi) is 4.14. The molecule has 0 atom stereocenters. The minimum atomic E-state index is -3.14. The molecule has 0 bridgehead atoms. The summed E-state index contributed by atoms with van der Waals surface area (Å²) in [7, 11) is -1.48. The first-order chi connectivity index (χ1) is 6.92. The van der Waals surface area contributed by atoms with Gasteiger partial charge in [-0.2, -0.15) is 4.31 Å². The van der Waals surface area contributed by atoms with Crippen LogP contribution in [0.1, 0.15) is 38.5 Å². The van der Waals surface area contributed by atoms with Crippen molar-refractivity contribution < 1.29 is 8.42 Å². The zero-order valence-corrected chi connectivity index (χ0v) is 10.5. The number of rotatable bonds is 3. The third-order valence-corrected chi connectivity index (χ3v) is 4.96. The molecule has 2 N–H and O–H groups in total. The Hall–Kier alpha value is -0.130. The van der Waals surface area contributed by atoms with E-state index in [2.05, 4.69) is 0 Å². The molecule has 0 aromatic carbocycles. The zero-order chi connectivity index (χ0) is 11.5. The van der Waals surface area contributed by atoms with Crippen molar-refractivity contribution >= 4 is 10.0 Å². The third-order valence-electron chi connectivity index (χ3n) is 3.58. The first-order valence-electron chi connectivity index (χ1n) is 5.56. The lowest BCUT2D eigenvalue weighted by Crippen LogP contribution is -2.53. The summed E-state index contributed by atoms with van der Waals surface area (Å²) in [6.07, 6.45) is 7.60. The Bertz CT molecular complexity index is 293. The Morgan fingerprint density at radius 3 is 2.00 bits per heavy atom. The van der Waals surface area contributed by atoms with Gasteiger partial charge in [0.25, 0.3) is 0 Å². The second kappa shape index (κ2) is 4.80. The second-order valence-corrected chi connectivity index (χ2v) is 6.59. The molecule has 1 fully saturated rings. The molecule has 0 aromatic heterocycles. The number of hydrogen-bond acceptors (Lipinski definition) is 3. The molecule has 0 aromatic rings. The number of hydrogen-bond donors (Lipinski definition) is 1. The lowest BCUT2D eigenvalue weighted by Gasteiger charge is -2.39. The van der Waals surface area contributed by atoms with Crippen molar-refractivity contribution in [3.8, 4) is 0 Å². The minimum absolute atomic E-state index is 0.329. The highest BCUT2D eigenvalue weighted by Gasteiger charge is 2.38. The quantitative estimate of drug-likeness (QED) is 0.739. The Balaban J connectivity index is 2.91. The molecule has 1 saturated carbocycles. The molecule has 15 heavy (non-hydrogen) atoms. The fourth-order valence-electron chi connectivity index (χ4n) is 2.39. The first-order valence-corrected chi connectivity index (χ1v) is 7.41. The maximum atomic E-state index is 11.6. The van der Waals surface area contributed by atoms with Crippen LogP contribution < -0.4 is 5.73 Å². The van der Waals surface area contributed by atoms with E-state index in [-0.39, 0.29) is 5.54 Å². The van der Waals surface area contributed by atoms with Gasteiger partial charge in [-0.25, -0.2) is 8.42 Å². The van der Waals surface area contributed by atoms with E-state index < -0.39 is 10.0 Å². The predicted octanol–water partition coefficient (Wildman–Crippen LogP) is 0.929. The molecule has 0 saturated heterocycles. The number of likely N-dealkylation sites (N-methyl/N-ethyl adjacent to an activating group) is 1. The van der Waals surface area contributed by atoms with Crippen LogP contribution >= 0.6 is 0 Å². The van der Waals surface area contributed by atoms with Crippen molar-refractivity contribution in [2.45, 2.75) is 44.1 Å². The van der Waals surface area contributed by atoms with Gasteiger partial charge < -0.3 is 5.73 Å². The van der Waals surface area contributed by atoms with Crippen LogP contribution in [0.2, 0.25) is 0 Å². The topological polar surface area (TPSA) is 63.4 Å². The van der Waals surface area contributed by atoms with Gasteiger partial charge in [-0.3, -0.25) is 0 Å². The van der Waals surface area contributed by atoms with Crippen molar-refractivity contribution in [3.63, 3.8) is 0 Å². The van der Waals surface area contributed by atoms with Crippen LogP contribution in [-0.2, 0) is 10.0 Å². The van der Waals surface area contributed by atoms with Crippen LogP contribution in [0.3, 0.4) is 0 Å². The van der Waals surface area contributed by atoms with Gasteiger partial charge in [0.05, 0.1) is 6.26 Å². The maximum absolute atomic E-state index is 11.6. The van der Waals surface area contributed by atoms with E-state index >= 15 is 0 Å². The van der Waals surface area contributed by atoms with E-state index in [1.165, 1.54) is 23.4 Å². The van der Waals surface area contributed by atoms with Gasteiger partial charge in [0.1, 0.15) is 0 Å². The lowest BCUT2D eigenvalue weighted by atomic mass is 9.90. The summed E-state index contributed by atoms with van der Waals surface area (Å²) >= 11 is 0. The maximum Gasteiger partial charge on any atom is 0.211 e. The van der Waals surface area contributed by atoms with E-state index in [1.54, 1.807) is 7.05 Å². The highest BCUT2D eigenvalue weighted by Crippen LogP contribution is 2.32. The zero-order valence-electron chi connectivity index (χ0n) is 9.70. The summed E-state index contributed by atoms with van der Waals surface area (Å²) in [5.41, 5.74) is 5.47. The standard InChI is InChI=1S/C10H22N2O2S/c1-12(15(2,13)14)10(9-11)7-5-3-4-6-8-10/h3-9,11H2,1-2H3. The molecule has 0 amide bonds. The van der Waals surface area contributed by atoms with Gasteiger partial charge in [0.2, 0.25) is 10.0 Å². The first kappa shape index (κ1) is 12.9. The van der Waals surface area contributed by atoms with Crippen LogP contribution in [0.4, 0.5) is 0 Å². The smallest absolute Gasteiger partial charge is 0.211 e. The Morgan fingerprint density at radius 2 is 1.67 bits per heavy atom. The fourth-order valence-corrected chi connectivity index (χ4v) is 3.35. The molecule has 5 heteroatoms. The van der Waals surface area contributed by atoms with Crippen LogP contribution in [0.5, 0.6) is 0 Å². The molecular formula is C10H22N2O2S. The molecule has 1 rings (SSSR count). The number of nitrogens with two attached hydrogens (primary N) is 1. The summed E-state index contributed by atoms with van der Waals surface area (Å²) < 4.78 is 24.6. The van der Waals surface area contributed by atoms with Crippen molar-refractivity contribution in [3.05, 3.63) is 0 Å². The minimum Gasteiger partial charge on any atom is -0.329 e. The van der Waals surface area contributed by atoms with E-state index in [4.69, 9.17) is 5.73 Å². The summed E-state index contributed by atoms with van der Waals surface area (Å²) in [4.78, 5) is 0. The van der Waals surface area contributed by atoms with Crippen molar-refractivity contribution in [2.24, 2.45) is 5.73 Å². The van der Waals surface area contributed by atoms with E-state index in [0.29, 0.717) is 6.54 Å². The largest absolute Gasteiger partial charge is 0.329 e. The molecule has 0 radical (unpaired) electrons. The number of nitrogens with zero attached hydrogens (tertiary/aromatic N) is 1. The van der Waals surface area contributed by atoms with Gasteiger partial charge in [-0.15, -0.1) is 0 Å². The normalized spacial score (nSPS) is 22.7. The summed E-state index contributed by atoms with van der Waals surface area (Å²) in [6.45, 7) is 0.427. The third kappa shape index (κ3) is 2.92. The van der Waals surface area contributed by atoms with Gasteiger partial charge in [0.15, 0.2) is 0 Å². The van der Waals surface area contributed by atoms with Gasteiger partial charge in [0, 0.05) is 19.1 Å². The Labute approximate surface area is 92.9 Å². The predicted molar refractivity (Wildman–Crippen MR) is 62.1 cm³/mol. The highest BCUT2D eigenvalue weighted by molar-refractivity contribution is 7.88. The second-order valence-electron chi connectivity index (χ2n) is 4.57. The van der Waals surface area contributed by atoms with Crippen LogP contribution in [-0.4, -0.2) is 38.1 Å². The van der Waals surface area contributed by atoms with E-state index in [1.807, 2.05) is 0 Å². The van der Waals surface area contributed by atoms with Gasteiger partial charge >= 0.3 is 0 Å². The van der Waals surface area contributed by atoms with Gasteiger partial charge in [-0.05, 0) is 12.8 Å². The molecule has 0 unspecified atom stereocenters. The van der Waals surface area contributed by atoms with E-state index in [9.17, 15) is 8.42 Å². The lowest BCUT2D eigenvalue weighted by molar-refractivity contribution is 0.197. The van der Waals surface area contributed by atoms with Crippen LogP contribution in [0.25, 0.3) is 0 Å². The summed E-state index contributed by atoms with van der Waals surface area (Å²) in [5, 5.41) is 0.